The molecule has 1 N–H and O–H groups in total. The molecule has 0 amide bonds. The predicted molar refractivity (Wildman–Crippen MR) is 47.0 cm³/mol. The number of carbonyl (C=O) groups excluding carboxylic acids is 1. The van der Waals surface area contributed by atoms with Gasteiger partial charge in [0.1, 0.15) is 6.10 Å². The van der Waals surface area contributed by atoms with Crippen LogP contribution in [0, 0.1) is 17.3 Å². The maximum Gasteiger partial charge on any atom is 0.306 e. The molecule has 3 unspecified atom stereocenters. The van der Waals surface area contributed by atoms with Crippen LogP contribution in [0.25, 0.3) is 0 Å². The van der Waals surface area contributed by atoms with E-state index in [1.807, 2.05) is 0 Å². The van der Waals surface area contributed by atoms with Crippen molar-refractivity contribution < 1.29 is 14.6 Å². The van der Waals surface area contributed by atoms with Gasteiger partial charge in [-0.15, -0.1) is 0 Å². The second-order valence-electron chi connectivity index (χ2n) is 4.88. The van der Waals surface area contributed by atoms with E-state index >= 15 is 0 Å². The Kier molecular flexibility index (Phi) is 1.88. The van der Waals surface area contributed by atoms with Gasteiger partial charge in [0.2, 0.25) is 0 Å². The lowest BCUT2D eigenvalue weighted by Crippen LogP contribution is -2.26. The van der Waals surface area contributed by atoms with Crippen molar-refractivity contribution in [2.24, 2.45) is 17.3 Å². The Hall–Kier alpha value is -0.570. The monoisotopic (exact) mass is 184 g/mol. The molecular weight excluding hydrogens is 168 g/mol. The van der Waals surface area contributed by atoms with E-state index in [-0.39, 0.29) is 35.9 Å². The zero-order chi connectivity index (χ0) is 9.64. The van der Waals surface area contributed by atoms with Crippen LogP contribution in [0.4, 0.5) is 0 Å². The van der Waals surface area contributed by atoms with Crippen LogP contribution in [-0.4, -0.2) is 23.8 Å². The topological polar surface area (TPSA) is 46.5 Å². The first-order valence-corrected chi connectivity index (χ1v) is 4.85. The van der Waals surface area contributed by atoms with Crippen molar-refractivity contribution in [1.29, 1.82) is 0 Å². The van der Waals surface area contributed by atoms with Gasteiger partial charge in [-0.2, -0.15) is 0 Å². The van der Waals surface area contributed by atoms with Crippen molar-refractivity contribution in [1.82, 2.24) is 0 Å². The fourth-order valence-electron chi connectivity index (χ4n) is 2.85. The third-order valence-electron chi connectivity index (χ3n) is 3.61. The number of ether oxygens (including phenoxy) is 1. The van der Waals surface area contributed by atoms with Crippen molar-refractivity contribution in [3.8, 4) is 0 Å². The Balaban J connectivity index is 2.19. The number of fused-ring (bicyclic) bond motifs is 1. The molecule has 2 fully saturated rings. The minimum absolute atomic E-state index is 0.0691. The molecule has 0 aromatic rings. The highest BCUT2D eigenvalue weighted by Crippen LogP contribution is 2.51. The van der Waals surface area contributed by atoms with Crippen molar-refractivity contribution >= 4 is 5.97 Å². The van der Waals surface area contributed by atoms with Gasteiger partial charge < -0.3 is 9.84 Å². The summed E-state index contributed by atoms with van der Waals surface area (Å²) in [4.78, 5) is 11.0. The van der Waals surface area contributed by atoms with E-state index in [4.69, 9.17) is 4.74 Å². The maximum absolute atomic E-state index is 11.0. The van der Waals surface area contributed by atoms with E-state index in [9.17, 15) is 9.90 Å². The van der Waals surface area contributed by atoms with Crippen molar-refractivity contribution in [3.63, 3.8) is 0 Å². The molecule has 0 spiro atoms. The quantitative estimate of drug-likeness (QED) is 0.617. The van der Waals surface area contributed by atoms with Crippen LogP contribution < -0.4 is 0 Å². The largest absolute Gasteiger partial charge is 0.462 e. The van der Waals surface area contributed by atoms with Crippen LogP contribution in [0.2, 0.25) is 0 Å². The van der Waals surface area contributed by atoms with Gasteiger partial charge >= 0.3 is 5.97 Å². The highest BCUT2D eigenvalue weighted by Gasteiger charge is 2.53. The second-order valence-corrected chi connectivity index (χ2v) is 4.88. The van der Waals surface area contributed by atoms with E-state index in [2.05, 4.69) is 13.8 Å². The summed E-state index contributed by atoms with van der Waals surface area (Å²) in [5.74, 6) is 0.389. The maximum atomic E-state index is 11.0. The molecule has 1 aliphatic carbocycles. The SMILES string of the molecule is CC1(C)CC2OC(=O)CC2C1CO. The third kappa shape index (κ3) is 1.26. The lowest BCUT2D eigenvalue weighted by atomic mass is 9.78. The normalized spacial score (nSPS) is 41.8. The Morgan fingerprint density at radius 1 is 1.62 bits per heavy atom. The second kappa shape index (κ2) is 2.71. The van der Waals surface area contributed by atoms with Gasteiger partial charge in [0.25, 0.3) is 0 Å². The zero-order valence-electron chi connectivity index (χ0n) is 8.12. The molecule has 1 aliphatic heterocycles. The lowest BCUT2D eigenvalue weighted by molar-refractivity contribution is -0.141. The van der Waals surface area contributed by atoms with Gasteiger partial charge in [0.15, 0.2) is 0 Å². The minimum atomic E-state index is -0.0936. The van der Waals surface area contributed by atoms with E-state index < -0.39 is 0 Å². The average molecular weight is 184 g/mol. The number of hydrogen-bond acceptors (Lipinski definition) is 3. The van der Waals surface area contributed by atoms with E-state index in [1.165, 1.54) is 0 Å². The Labute approximate surface area is 78.1 Å². The van der Waals surface area contributed by atoms with Crippen LogP contribution in [0.15, 0.2) is 0 Å². The van der Waals surface area contributed by atoms with Crippen molar-refractivity contribution in [3.05, 3.63) is 0 Å². The fourth-order valence-corrected chi connectivity index (χ4v) is 2.85. The first kappa shape index (κ1) is 9.00. The zero-order valence-corrected chi connectivity index (χ0v) is 8.12. The number of aliphatic hydroxyl groups excluding tert-OH is 1. The molecule has 1 saturated heterocycles. The number of rotatable bonds is 1. The fraction of sp³-hybridized carbons (Fsp3) is 0.900. The summed E-state index contributed by atoms with van der Waals surface area (Å²) >= 11 is 0. The van der Waals surface area contributed by atoms with Crippen LogP contribution >= 0.6 is 0 Å². The van der Waals surface area contributed by atoms with E-state index in [0.29, 0.717) is 6.42 Å². The molecule has 0 radical (unpaired) electrons. The van der Waals surface area contributed by atoms with Gasteiger partial charge in [-0.3, -0.25) is 4.79 Å². The molecule has 3 atom stereocenters. The van der Waals surface area contributed by atoms with Crippen LogP contribution in [-0.2, 0) is 9.53 Å². The highest BCUT2D eigenvalue weighted by atomic mass is 16.6. The molecule has 0 aromatic carbocycles. The van der Waals surface area contributed by atoms with Gasteiger partial charge in [-0.1, -0.05) is 13.8 Å². The van der Waals surface area contributed by atoms with Crippen molar-refractivity contribution in [2.75, 3.05) is 6.61 Å². The number of aliphatic hydroxyl groups is 1. The Morgan fingerprint density at radius 3 is 2.92 bits per heavy atom. The Morgan fingerprint density at radius 2 is 2.31 bits per heavy atom. The third-order valence-corrected chi connectivity index (χ3v) is 3.61. The average Bonchev–Trinajstić information content (AvgIpc) is 2.39. The van der Waals surface area contributed by atoms with E-state index in [1.54, 1.807) is 0 Å². The predicted octanol–water partition coefficient (Wildman–Crippen LogP) is 0.956. The van der Waals surface area contributed by atoms with Gasteiger partial charge in [0, 0.05) is 12.5 Å². The number of carbonyl (C=O) groups is 1. The first-order chi connectivity index (χ1) is 6.04. The minimum Gasteiger partial charge on any atom is -0.462 e. The molecule has 1 heterocycles. The molecule has 3 heteroatoms. The molecule has 1 saturated carbocycles. The highest BCUT2D eigenvalue weighted by molar-refractivity contribution is 5.72. The standard InChI is InChI=1S/C10H16O3/c1-10(2)4-8-6(7(10)5-11)3-9(12)13-8/h6-8,11H,3-5H2,1-2H3. The van der Waals surface area contributed by atoms with Crippen LogP contribution in [0.5, 0.6) is 0 Å². The molecule has 2 aliphatic rings. The van der Waals surface area contributed by atoms with Crippen LogP contribution in [0.1, 0.15) is 26.7 Å². The summed E-state index contributed by atoms with van der Waals surface area (Å²) in [5.41, 5.74) is 0.116. The molecular formula is C10H16O3. The molecule has 74 valence electrons. The Bertz CT molecular complexity index is 234. The van der Waals surface area contributed by atoms with Crippen molar-refractivity contribution in [2.45, 2.75) is 32.8 Å². The number of esters is 1. The first-order valence-electron chi connectivity index (χ1n) is 4.85. The molecule has 13 heavy (non-hydrogen) atoms. The number of hydrogen-bond donors (Lipinski definition) is 1. The summed E-state index contributed by atoms with van der Waals surface area (Å²) in [6.07, 6.45) is 1.47. The molecule has 0 bridgehead atoms. The van der Waals surface area contributed by atoms with Crippen LogP contribution in [0.3, 0.4) is 0 Å². The summed E-state index contributed by atoms with van der Waals surface area (Å²) < 4.78 is 5.20. The molecule has 3 nitrogen and oxygen atoms in total. The summed E-state index contributed by atoms with van der Waals surface area (Å²) in [6.45, 7) is 4.45. The summed E-state index contributed by atoms with van der Waals surface area (Å²) in [6, 6.07) is 0. The van der Waals surface area contributed by atoms with Gasteiger partial charge in [0.05, 0.1) is 6.42 Å². The van der Waals surface area contributed by atoms with Gasteiger partial charge in [-0.05, 0) is 17.8 Å². The molecule has 0 aromatic heterocycles. The van der Waals surface area contributed by atoms with Gasteiger partial charge in [-0.25, -0.2) is 0 Å². The summed E-state index contributed by atoms with van der Waals surface area (Å²) in [5, 5.41) is 9.27. The van der Waals surface area contributed by atoms with E-state index in [0.717, 1.165) is 6.42 Å². The smallest absolute Gasteiger partial charge is 0.306 e. The lowest BCUT2D eigenvalue weighted by Gasteiger charge is -2.27. The summed E-state index contributed by atoms with van der Waals surface area (Å²) in [7, 11) is 0. The molecule has 2 rings (SSSR count).